The fourth-order valence-electron chi connectivity index (χ4n) is 2.56. The minimum absolute atomic E-state index is 0.292. The first-order valence-corrected chi connectivity index (χ1v) is 8.47. The highest BCUT2D eigenvalue weighted by atomic mass is 19.4. The lowest BCUT2D eigenvalue weighted by molar-refractivity contribution is -0.137. The number of hydrogen-bond donors (Lipinski definition) is 2. The molecule has 27 heavy (non-hydrogen) atoms. The first-order valence-electron chi connectivity index (χ1n) is 8.47. The molecule has 0 aliphatic carbocycles. The SMILES string of the molecule is C[C@H](Nc1ccc2c(c1)OCCCO2)C(=O)Nc1ccc(C(F)(F)F)cc1. The number of amides is 1. The molecular weight excluding hydrogens is 361 g/mol. The first-order chi connectivity index (χ1) is 12.8. The van der Waals surface area contributed by atoms with Gasteiger partial charge in [0.1, 0.15) is 6.04 Å². The molecule has 0 radical (unpaired) electrons. The number of alkyl halides is 3. The van der Waals surface area contributed by atoms with Crippen molar-refractivity contribution in [3.63, 3.8) is 0 Å². The molecule has 1 aliphatic rings. The molecule has 2 aromatic carbocycles. The second-order valence-electron chi connectivity index (χ2n) is 6.14. The zero-order chi connectivity index (χ0) is 19.4. The van der Waals surface area contributed by atoms with E-state index >= 15 is 0 Å². The van der Waals surface area contributed by atoms with Gasteiger partial charge in [-0.25, -0.2) is 0 Å². The number of hydrogen-bond acceptors (Lipinski definition) is 4. The molecule has 1 atom stereocenters. The van der Waals surface area contributed by atoms with Gasteiger partial charge in [-0.05, 0) is 43.3 Å². The maximum Gasteiger partial charge on any atom is 0.416 e. The van der Waals surface area contributed by atoms with E-state index in [-0.39, 0.29) is 5.91 Å². The third kappa shape index (κ3) is 4.84. The van der Waals surface area contributed by atoms with Gasteiger partial charge in [0.05, 0.1) is 18.8 Å². The molecule has 8 heteroatoms. The van der Waals surface area contributed by atoms with Crippen molar-refractivity contribution in [2.45, 2.75) is 25.6 Å². The van der Waals surface area contributed by atoms with Crippen molar-refractivity contribution < 1.29 is 27.4 Å². The van der Waals surface area contributed by atoms with E-state index in [1.807, 2.05) is 0 Å². The Morgan fingerprint density at radius 1 is 1.00 bits per heavy atom. The summed E-state index contributed by atoms with van der Waals surface area (Å²) in [6.07, 6.45) is -3.61. The van der Waals surface area contributed by atoms with Crippen LogP contribution in [0.2, 0.25) is 0 Å². The monoisotopic (exact) mass is 380 g/mol. The summed E-state index contributed by atoms with van der Waals surface area (Å²) in [5.41, 5.74) is 0.202. The summed E-state index contributed by atoms with van der Waals surface area (Å²) in [6.45, 7) is 2.80. The summed E-state index contributed by atoms with van der Waals surface area (Å²) in [4.78, 5) is 12.3. The predicted octanol–water partition coefficient (Wildman–Crippen LogP) is 4.31. The number of carbonyl (C=O) groups excluding carboxylic acids is 1. The molecule has 1 aliphatic heterocycles. The number of benzene rings is 2. The lowest BCUT2D eigenvalue weighted by atomic mass is 10.2. The van der Waals surface area contributed by atoms with Crippen molar-refractivity contribution in [3.05, 3.63) is 48.0 Å². The maximum atomic E-state index is 12.6. The van der Waals surface area contributed by atoms with Crippen molar-refractivity contribution in [1.82, 2.24) is 0 Å². The summed E-state index contributed by atoms with van der Waals surface area (Å²) in [7, 11) is 0. The number of anilines is 2. The second kappa shape index (κ2) is 7.77. The van der Waals surface area contributed by atoms with E-state index in [2.05, 4.69) is 10.6 Å². The van der Waals surface area contributed by atoms with Crippen LogP contribution >= 0.6 is 0 Å². The Bertz CT molecular complexity index is 807. The molecule has 0 fully saturated rings. The quantitative estimate of drug-likeness (QED) is 0.830. The molecule has 0 bridgehead atoms. The highest BCUT2D eigenvalue weighted by molar-refractivity contribution is 5.96. The van der Waals surface area contributed by atoms with Crippen LogP contribution < -0.4 is 20.1 Å². The number of carbonyl (C=O) groups is 1. The van der Waals surface area contributed by atoms with Crippen LogP contribution in [0.4, 0.5) is 24.5 Å². The van der Waals surface area contributed by atoms with Crippen molar-refractivity contribution in [1.29, 1.82) is 0 Å². The molecule has 0 saturated carbocycles. The Labute approximate surface area is 154 Å². The number of rotatable bonds is 4. The largest absolute Gasteiger partial charge is 0.490 e. The van der Waals surface area contributed by atoms with Crippen LogP contribution in [0.5, 0.6) is 11.5 Å². The van der Waals surface area contributed by atoms with Crippen molar-refractivity contribution in [3.8, 4) is 11.5 Å². The maximum absolute atomic E-state index is 12.6. The Morgan fingerprint density at radius 3 is 2.30 bits per heavy atom. The van der Waals surface area contributed by atoms with E-state index in [4.69, 9.17) is 9.47 Å². The van der Waals surface area contributed by atoms with Crippen LogP contribution in [-0.4, -0.2) is 25.2 Å². The predicted molar refractivity (Wildman–Crippen MR) is 95.2 cm³/mol. The highest BCUT2D eigenvalue weighted by Gasteiger charge is 2.30. The molecule has 5 nitrogen and oxygen atoms in total. The molecule has 0 saturated heterocycles. The third-order valence-corrected chi connectivity index (χ3v) is 4.00. The average molecular weight is 380 g/mol. The summed E-state index contributed by atoms with van der Waals surface area (Å²) in [6, 6.07) is 8.98. The van der Waals surface area contributed by atoms with Crippen LogP contribution in [0, 0.1) is 0 Å². The van der Waals surface area contributed by atoms with Gasteiger partial charge in [-0.3, -0.25) is 4.79 Å². The molecule has 0 aromatic heterocycles. The number of nitrogens with one attached hydrogen (secondary N) is 2. The van der Waals surface area contributed by atoms with Crippen LogP contribution in [0.25, 0.3) is 0 Å². The summed E-state index contributed by atoms with van der Waals surface area (Å²) in [5, 5.41) is 5.63. The highest BCUT2D eigenvalue weighted by Crippen LogP contribution is 2.32. The zero-order valence-corrected chi connectivity index (χ0v) is 14.6. The lowest BCUT2D eigenvalue weighted by Gasteiger charge is -2.17. The van der Waals surface area contributed by atoms with E-state index in [0.29, 0.717) is 36.1 Å². The molecular formula is C19H19F3N2O3. The Kier molecular flexibility index (Phi) is 5.43. The van der Waals surface area contributed by atoms with Gasteiger partial charge in [-0.1, -0.05) is 0 Å². The number of halogens is 3. The van der Waals surface area contributed by atoms with Crippen molar-refractivity contribution in [2.24, 2.45) is 0 Å². The van der Waals surface area contributed by atoms with E-state index in [9.17, 15) is 18.0 Å². The molecule has 1 amide bonds. The normalized spacial score (nSPS) is 14.8. The van der Waals surface area contributed by atoms with Gasteiger partial charge in [0.2, 0.25) is 5.91 Å². The van der Waals surface area contributed by atoms with E-state index in [1.54, 1.807) is 25.1 Å². The van der Waals surface area contributed by atoms with E-state index < -0.39 is 17.8 Å². The Morgan fingerprint density at radius 2 is 1.63 bits per heavy atom. The molecule has 1 heterocycles. The van der Waals surface area contributed by atoms with Gasteiger partial charge >= 0.3 is 6.18 Å². The van der Waals surface area contributed by atoms with Gasteiger partial charge in [0, 0.05) is 23.9 Å². The molecule has 144 valence electrons. The minimum atomic E-state index is -4.41. The standard InChI is InChI=1S/C19H19F3N2O3/c1-12(18(25)24-14-5-3-13(4-6-14)19(20,21)22)23-15-7-8-16-17(11-15)27-10-2-9-26-16/h3-8,11-12,23H,2,9-10H2,1H3,(H,24,25)/t12-/m0/s1. The lowest BCUT2D eigenvalue weighted by Crippen LogP contribution is -2.31. The van der Waals surface area contributed by atoms with Crippen molar-refractivity contribution >= 4 is 17.3 Å². The van der Waals surface area contributed by atoms with Crippen molar-refractivity contribution in [2.75, 3.05) is 23.8 Å². The molecule has 0 unspecified atom stereocenters. The summed E-state index contributed by atoms with van der Waals surface area (Å²) < 4.78 is 48.9. The molecule has 0 spiro atoms. The van der Waals surface area contributed by atoms with Crippen LogP contribution in [-0.2, 0) is 11.0 Å². The summed E-state index contributed by atoms with van der Waals surface area (Å²) in [5.74, 6) is 0.884. The molecule has 2 N–H and O–H groups in total. The van der Waals surface area contributed by atoms with Gasteiger partial charge in [-0.2, -0.15) is 13.2 Å². The van der Waals surface area contributed by atoms with E-state index in [1.165, 1.54) is 12.1 Å². The van der Waals surface area contributed by atoms with Gasteiger partial charge < -0.3 is 20.1 Å². The zero-order valence-electron chi connectivity index (χ0n) is 14.6. The van der Waals surface area contributed by atoms with Gasteiger partial charge in [0.25, 0.3) is 0 Å². The number of fused-ring (bicyclic) bond motifs is 1. The summed E-state index contributed by atoms with van der Waals surface area (Å²) >= 11 is 0. The molecule has 2 aromatic rings. The third-order valence-electron chi connectivity index (χ3n) is 4.00. The second-order valence-corrected chi connectivity index (χ2v) is 6.14. The van der Waals surface area contributed by atoms with Crippen LogP contribution in [0.15, 0.2) is 42.5 Å². The van der Waals surface area contributed by atoms with Gasteiger partial charge in [-0.15, -0.1) is 0 Å². The fraction of sp³-hybridized carbons (Fsp3) is 0.316. The minimum Gasteiger partial charge on any atom is -0.490 e. The Balaban J connectivity index is 1.61. The topological polar surface area (TPSA) is 59.6 Å². The first kappa shape index (κ1) is 18.9. The fourth-order valence-corrected chi connectivity index (χ4v) is 2.56. The van der Waals surface area contributed by atoms with E-state index in [0.717, 1.165) is 18.6 Å². The van der Waals surface area contributed by atoms with Crippen LogP contribution in [0.1, 0.15) is 18.9 Å². The number of ether oxygens (including phenoxy) is 2. The average Bonchev–Trinajstić information content (AvgIpc) is 2.86. The molecule has 3 rings (SSSR count). The van der Waals surface area contributed by atoms with Crippen LogP contribution in [0.3, 0.4) is 0 Å². The smallest absolute Gasteiger partial charge is 0.416 e. The van der Waals surface area contributed by atoms with Gasteiger partial charge in [0.15, 0.2) is 11.5 Å². The Hall–Kier alpha value is -2.90.